The molecule has 1 aliphatic carbocycles. The second kappa shape index (κ2) is 8.55. The number of rotatable bonds is 6. The first-order valence-electron chi connectivity index (χ1n) is 11.5. The zero-order valence-corrected chi connectivity index (χ0v) is 20.1. The van der Waals surface area contributed by atoms with Crippen molar-refractivity contribution in [3.63, 3.8) is 0 Å². The highest BCUT2D eigenvalue weighted by Crippen LogP contribution is 2.46. The highest BCUT2D eigenvalue weighted by atomic mass is 32.1. The normalized spacial score (nSPS) is 20.5. The van der Waals surface area contributed by atoms with Crippen LogP contribution in [0.15, 0.2) is 23.6 Å². The number of aliphatic carboxylic acids is 1. The lowest BCUT2D eigenvalue weighted by Gasteiger charge is -2.42. The molecule has 0 amide bonds. The average Bonchev–Trinajstić information content (AvgIpc) is 3.22. The molecular weight excluding hydrogens is 406 g/mol. The maximum atomic E-state index is 10.7. The number of carboxylic acid groups (broad SMARTS) is 1. The van der Waals surface area contributed by atoms with Gasteiger partial charge in [-0.25, -0.2) is 4.98 Å². The third kappa shape index (κ3) is 4.80. The predicted octanol–water partition coefficient (Wildman–Crippen LogP) is 5.15. The molecule has 4 rings (SSSR count). The third-order valence-electron chi connectivity index (χ3n) is 7.15. The minimum Gasteiger partial charge on any atom is -0.481 e. The van der Waals surface area contributed by atoms with Gasteiger partial charge in [0, 0.05) is 43.5 Å². The first-order chi connectivity index (χ1) is 14.7. The lowest BCUT2D eigenvalue weighted by atomic mass is 9.63. The van der Waals surface area contributed by atoms with Crippen LogP contribution in [-0.2, 0) is 15.6 Å². The zero-order valence-electron chi connectivity index (χ0n) is 19.3. The van der Waals surface area contributed by atoms with Crippen LogP contribution in [0.25, 0.3) is 11.3 Å². The van der Waals surface area contributed by atoms with Gasteiger partial charge in [-0.2, -0.15) is 0 Å². The van der Waals surface area contributed by atoms with E-state index in [4.69, 9.17) is 10.1 Å². The van der Waals surface area contributed by atoms with Gasteiger partial charge in [-0.3, -0.25) is 9.69 Å². The highest BCUT2D eigenvalue weighted by Gasteiger charge is 2.37. The number of benzene rings is 1. The fourth-order valence-electron chi connectivity index (χ4n) is 4.91. The lowest BCUT2D eigenvalue weighted by Crippen LogP contribution is -2.46. The summed E-state index contributed by atoms with van der Waals surface area (Å²) < 4.78 is 0. The Morgan fingerprint density at radius 1 is 1.06 bits per heavy atom. The molecule has 1 N–H and O–H groups in total. The maximum Gasteiger partial charge on any atom is 0.303 e. The van der Waals surface area contributed by atoms with E-state index in [1.54, 1.807) is 11.3 Å². The Bertz CT molecular complexity index is 942. The summed E-state index contributed by atoms with van der Waals surface area (Å²) in [4.78, 5) is 20.4. The minimum absolute atomic E-state index is 0.205. The van der Waals surface area contributed by atoms with Crippen LogP contribution < -0.4 is 4.90 Å². The van der Waals surface area contributed by atoms with Crippen molar-refractivity contribution >= 4 is 22.4 Å². The summed E-state index contributed by atoms with van der Waals surface area (Å²) in [5, 5.41) is 12.1. The van der Waals surface area contributed by atoms with Crippen molar-refractivity contribution in [2.75, 3.05) is 37.6 Å². The summed E-state index contributed by atoms with van der Waals surface area (Å²) in [6, 6.07) is 6.97. The third-order valence-corrected chi connectivity index (χ3v) is 8.05. The van der Waals surface area contributed by atoms with Crippen molar-refractivity contribution in [2.24, 2.45) is 0 Å². The van der Waals surface area contributed by atoms with E-state index < -0.39 is 5.97 Å². The molecule has 0 saturated carbocycles. The maximum absolute atomic E-state index is 10.7. The topological polar surface area (TPSA) is 56.7 Å². The Hall–Kier alpha value is -1.92. The monoisotopic (exact) mass is 441 g/mol. The predicted molar refractivity (Wildman–Crippen MR) is 128 cm³/mol. The SMILES string of the molecule is CC1(C)CCC(C)(C)c2cc(-c3csc(N4CCN(CCCC(=O)O)CC4)n3)ccc21. The molecule has 1 aliphatic heterocycles. The first kappa shape index (κ1) is 22.3. The molecule has 0 spiro atoms. The van der Waals surface area contributed by atoms with Gasteiger partial charge in [0.25, 0.3) is 0 Å². The van der Waals surface area contributed by atoms with Crippen molar-refractivity contribution in [1.29, 1.82) is 0 Å². The molecule has 1 saturated heterocycles. The Morgan fingerprint density at radius 3 is 2.42 bits per heavy atom. The minimum atomic E-state index is -0.705. The van der Waals surface area contributed by atoms with E-state index >= 15 is 0 Å². The van der Waals surface area contributed by atoms with Gasteiger partial charge in [-0.05, 0) is 53.8 Å². The Morgan fingerprint density at radius 2 is 1.74 bits per heavy atom. The second-order valence-corrected chi connectivity index (χ2v) is 11.2. The lowest BCUT2D eigenvalue weighted by molar-refractivity contribution is -0.137. The Balaban J connectivity index is 1.45. The van der Waals surface area contributed by atoms with E-state index in [0.29, 0.717) is 0 Å². The first-order valence-corrected chi connectivity index (χ1v) is 12.3. The average molecular weight is 442 g/mol. The molecule has 5 nitrogen and oxygen atoms in total. The van der Waals surface area contributed by atoms with E-state index in [2.05, 4.69) is 61.1 Å². The van der Waals surface area contributed by atoms with Crippen molar-refractivity contribution in [3.05, 3.63) is 34.7 Å². The fraction of sp³-hybridized carbons (Fsp3) is 0.600. The van der Waals surface area contributed by atoms with Crippen LogP contribution in [0.3, 0.4) is 0 Å². The van der Waals surface area contributed by atoms with Gasteiger partial charge in [0.2, 0.25) is 0 Å². The van der Waals surface area contributed by atoms with Crippen LogP contribution in [-0.4, -0.2) is 53.7 Å². The van der Waals surface area contributed by atoms with Crippen molar-refractivity contribution < 1.29 is 9.90 Å². The molecule has 31 heavy (non-hydrogen) atoms. The molecule has 0 unspecified atom stereocenters. The number of carbonyl (C=O) groups is 1. The number of hydrogen-bond acceptors (Lipinski definition) is 5. The highest BCUT2D eigenvalue weighted by molar-refractivity contribution is 7.14. The quantitative estimate of drug-likeness (QED) is 0.672. The number of hydrogen-bond donors (Lipinski definition) is 1. The molecule has 1 fully saturated rings. The van der Waals surface area contributed by atoms with Gasteiger partial charge in [0.05, 0.1) is 5.69 Å². The van der Waals surface area contributed by atoms with Crippen LogP contribution >= 0.6 is 11.3 Å². The summed E-state index contributed by atoms with van der Waals surface area (Å²) >= 11 is 1.73. The molecule has 2 heterocycles. The molecular formula is C25H35N3O2S. The zero-order chi connectivity index (χ0) is 22.2. The number of nitrogens with zero attached hydrogens (tertiary/aromatic N) is 3. The van der Waals surface area contributed by atoms with E-state index in [1.807, 2.05) is 0 Å². The number of piperazine rings is 1. The summed E-state index contributed by atoms with van der Waals surface area (Å²) in [5.74, 6) is -0.705. The number of anilines is 1. The molecule has 2 aromatic rings. The van der Waals surface area contributed by atoms with Gasteiger partial charge in [-0.1, -0.05) is 39.8 Å². The van der Waals surface area contributed by atoms with E-state index in [-0.39, 0.29) is 17.3 Å². The largest absolute Gasteiger partial charge is 0.481 e. The van der Waals surface area contributed by atoms with Crippen LogP contribution in [0.2, 0.25) is 0 Å². The van der Waals surface area contributed by atoms with E-state index in [9.17, 15) is 4.79 Å². The Kier molecular flexibility index (Phi) is 6.14. The molecule has 0 radical (unpaired) electrons. The fourth-order valence-corrected chi connectivity index (χ4v) is 5.80. The summed E-state index contributed by atoms with van der Waals surface area (Å²) in [6.07, 6.45) is 3.43. The summed E-state index contributed by atoms with van der Waals surface area (Å²) in [7, 11) is 0. The molecule has 2 aliphatic rings. The van der Waals surface area contributed by atoms with Crippen LogP contribution in [0.4, 0.5) is 5.13 Å². The van der Waals surface area contributed by atoms with Crippen LogP contribution in [0.1, 0.15) is 64.5 Å². The molecule has 1 aromatic carbocycles. The molecule has 6 heteroatoms. The van der Waals surface area contributed by atoms with Gasteiger partial charge in [0.15, 0.2) is 5.13 Å². The van der Waals surface area contributed by atoms with Gasteiger partial charge in [-0.15, -0.1) is 11.3 Å². The van der Waals surface area contributed by atoms with Gasteiger partial charge in [0.1, 0.15) is 0 Å². The molecule has 1 aromatic heterocycles. The summed E-state index contributed by atoms with van der Waals surface area (Å²) in [6.45, 7) is 14.2. The van der Waals surface area contributed by atoms with Crippen LogP contribution in [0.5, 0.6) is 0 Å². The van der Waals surface area contributed by atoms with Gasteiger partial charge >= 0.3 is 5.97 Å². The van der Waals surface area contributed by atoms with Gasteiger partial charge < -0.3 is 10.0 Å². The van der Waals surface area contributed by atoms with Crippen molar-refractivity contribution in [1.82, 2.24) is 9.88 Å². The number of aromatic nitrogens is 1. The Labute approximate surface area is 190 Å². The van der Waals surface area contributed by atoms with E-state index in [1.165, 1.54) is 29.5 Å². The standard InChI is InChI=1S/C25H35N3O2S/c1-24(2)9-10-25(3,4)20-16-18(7-8-19(20)24)21-17-31-23(26-21)28-14-12-27(13-15-28)11-5-6-22(29)30/h7-8,16-17H,5-6,9-15H2,1-4H3,(H,29,30). The number of fused-ring (bicyclic) bond motifs is 1. The molecule has 168 valence electrons. The number of carboxylic acids is 1. The van der Waals surface area contributed by atoms with Crippen molar-refractivity contribution in [2.45, 2.75) is 64.2 Å². The number of thiazole rings is 1. The van der Waals surface area contributed by atoms with E-state index in [0.717, 1.165) is 50.0 Å². The molecule has 0 bridgehead atoms. The van der Waals surface area contributed by atoms with Crippen LogP contribution in [0, 0.1) is 0 Å². The summed E-state index contributed by atoms with van der Waals surface area (Å²) in [5.41, 5.74) is 5.70. The smallest absolute Gasteiger partial charge is 0.303 e. The second-order valence-electron chi connectivity index (χ2n) is 10.4. The van der Waals surface area contributed by atoms with Crippen molar-refractivity contribution in [3.8, 4) is 11.3 Å². The molecule has 0 atom stereocenters.